The van der Waals surface area contributed by atoms with Gasteiger partial charge in [0.1, 0.15) is 0 Å². The third-order valence-electron chi connectivity index (χ3n) is 2.50. The average Bonchev–Trinajstić information content (AvgIpc) is 2.63. The van der Waals surface area contributed by atoms with Crippen molar-refractivity contribution in [2.45, 2.75) is 25.3 Å². The molecular formula is C10H15BrN2S. The van der Waals surface area contributed by atoms with Crippen molar-refractivity contribution in [1.29, 1.82) is 0 Å². The highest BCUT2D eigenvalue weighted by molar-refractivity contribution is 9.10. The van der Waals surface area contributed by atoms with Crippen LogP contribution in [0.2, 0.25) is 0 Å². The van der Waals surface area contributed by atoms with E-state index in [4.69, 9.17) is 0 Å². The zero-order chi connectivity index (χ0) is 9.80. The molecule has 0 saturated carbocycles. The maximum absolute atomic E-state index is 3.53. The number of hydrogen-bond donors (Lipinski definition) is 2. The van der Waals surface area contributed by atoms with Crippen molar-refractivity contribution in [3.8, 4) is 0 Å². The quantitative estimate of drug-likeness (QED) is 0.886. The molecule has 2 rings (SSSR count). The molecule has 1 aliphatic heterocycles. The van der Waals surface area contributed by atoms with Crippen LogP contribution in [0.5, 0.6) is 0 Å². The molecule has 4 heteroatoms. The molecule has 0 amide bonds. The largest absolute Gasteiger partial charge is 0.375 e. The van der Waals surface area contributed by atoms with Gasteiger partial charge in [0.15, 0.2) is 0 Å². The van der Waals surface area contributed by atoms with Crippen LogP contribution in [0.3, 0.4) is 0 Å². The lowest BCUT2D eigenvalue weighted by Crippen LogP contribution is -2.39. The monoisotopic (exact) mass is 274 g/mol. The van der Waals surface area contributed by atoms with E-state index in [1.807, 2.05) is 0 Å². The van der Waals surface area contributed by atoms with Crippen molar-refractivity contribution in [2.75, 3.05) is 18.4 Å². The standard InChI is InChI=1S/C10H15BrN2S/c11-8-5-10(14-7-8)13-6-9-3-1-2-4-12-9/h5,7,9,12-13H,1-4,6H2. The summed E-state index contributed by atoms with van der Waals surface area (Å²) in [5, 5.41) is 10.3. The van der Waals surface area contributed by atoms with Gasteiger partial charge in [-0.2, -0.15) is 0 Å². The van der Waals surface area contributed by atoms with Crippen LogP contribution in [0.25, 0.3) is 0 Å². The molecule has 2 heterocycles. The smallest absolute Gasteiger partial charge is 0.0894 e. The van der Waals surface area contributed by atoms with Gasteiger partial charge in [-0.05, 0) is 41.4 Å². The molecule has 0 aromatic carbocycles. The van der Waals surface area contributed by atoms with Gasteiger partial charge >= 0.3 is 0 Å². The molecule has 1 atom stereocenters. The highest BCUT2D eigenvalue weighted by Gasteiger charge is 2.11. The van der Waals surface area contributed by atoms with Gasteiger partial charge in [-0.15, -0.1) is 11.3 Å². The van der Waals surface area contributed by atoms with Crippen molar-refractivity contribution < 1.29 is 0 Å². The van der Waals surface area contributed by atoms with Crippen LogP contribution in [0.4, 0.5) is 5.00 Å². The lowest BCUT2D eigenvalue weighted by Gasteiger charge is -2.23. The molecule has 0 radical (unpaired) electrons. The summed E-state index contributed by atoms with van der Waals surface area (Å²) in [6.45, 7) is 2.23. The summed E-state index contributed by atoms with van der Waals surface area (Å²) in [4.78, 5) is 0. The zero-order valence-corrected chi connectivity index (χ0v) is 10.5. The van der Waals surface area contributed by atoms with Crippen LogP contribution in [-0.2, 0) is 0 Å². The molecule has 78 valence electrons. The van der Waals surface area contributed by atoms with Gasteiger partial charge in [-0.3, -0.25) is 0 Å². The van der Waals surface area contributed by atoms with E-state index in [0.717, 1.165) is 6.54 Å². The first kappa shape index (κ1) is 10.5. The summed E-state index contributed by atoms with van der Waals surface area (Å²) >= 11 is 5.21. The maximum atomic E-state index is 3.53. The minimum atomic E-state index is 0.657. The summed E-state index contributed by atoms with van der Waals surface area (Å²) in [5.74, 6) is 0. The highest BCUT2D eigenvalue weighted by atomic mass is 79.9. The predicted octanol–water partition coefficient (Wildman–Crippen LogP) is 3.06. The van der Waals surface area contributed by atoms with E-state index in [1.165, 1.54) is 35.3 Å². The maximum Gasteiger partial charge on any atom is 0.0894 e. The molecule has 1 fully saturated rings. The molecule has 1 aromatic rings. The number of thiophene rings is 1. The Morgan fingerprint density at radius 1 is 1.57 bits per heavy atom. The van der Waals surface area contributed by atoms with Gasteiger partial charge in [0.2, 0.25) is 0 Å². The first-order valence-corrected chi connectivity index (χ1v) is 6.73. The minimum Gasteiger partial charge on any atom is -0.375 e. The van der Waals surface area contributed by atoms with Gasteiger partial charge in [-0.1, -0.05) is 6.42 Å². The number of anilines is 1. The third-order valence-corrected chi connectivity index (χ3v) is 4.15. The number of nitrogens with one attached hydrogen (secondary N) is 2. The SMILES string of the molecule is Brc1csc(NCC2CCCCN2)c1. The normalized spacial score (nSPS) is 22.2. The van der Waals surface area contributed by atoms with Gasteiger partial charge in [0, 0.05) is 22.4 Å². The second kappa shape index (κ2) is 5.14. The topological polar surface area (TPSA) is 24.1 Å². The summed E-state index contributed by atoms with van der Waals surface area (Å²) < 4.78 is 1.17. The van der Waals surface area contributed by atoms with Crippen LogP contribution in [0.1, 0.15) is 19.3 Å². The molecule has 0 bridgehead atoms. The molecule has 1 saturated heterocycles. The van der Waals surface area contributed by atoms with Gasteiger partial charge in [0.25, 0.3) is 0 Å². The lowest BCUT2D eigenvalue weighted by atomic mass is 10.1. The van der Waals surface area contributed by atoms with E-state index in [1.54, 1.807) is 11.3 Å². The van der Waals surface area contributed by atoms with Crippen LogP contribution in [0.15, 0.2) is 15.9 Å². The average molecular weight is 275 g/mol. The van der Waals surface area contributed by atoms with E-state index < -0.39 is 0 Å². The molecule has 2 N–H and O–H groups in total. The van der Waals surface area contributed by atoms with Gasteiger partial charge < -0.3 is 10.6 Å². The Hall–Kier alpha value is -0.0600. The predicted molar refractivity (Wildman–Crippen MR) is 66.2 cm³/mol. The van der Waals surface area contributed by atoms with Gasteiger partial charge in [0.05, 0.1) is 5.00 Å². The van der Waals surface area contributed by atoms with Crippen LogP contribution < -0.4 is 10.6 Å². The van der Waals surface area contributed by atoms with E-state index in [-0.39, 0.29) is 0 Å². The van der Waals surface area contributed by atoms with E-state index >= 15 is 0 Å². The molecule has 0 spiro atoms. The molecule has 2 nitrogen and oxygen atoms in total. The lowest BCUT2D eigenvalue weighted by molar-refractivity contribution is 0.414. The molecule has 1 unspecified atom stereocenters. The number of halogens is 1. The van der Waals surface area contributed by atoms with Gasteiger partial charge in [-0.25, -0.2) is 0 Å². The summed E-state index contributed by atoms with van der Waals surface area (Å²) in [7, 11) is 0. The molecule has 1 aliphatic rings. The Balaban J connectivity index is 1.76. The Labute approximate surface area is 97.2 Å². The Bertz CT molecular complexity index is 281. The third kappa shape index (κ3) is 2.97. The van der Waals surface area contributed by atoms with Crippen LogP contribution in [0, 0.1) is 0 Å². The molecular weight excluding hydrogens is 260 g/mol. The first-order chi connectivity index (χ1) is 6.84. The zero-order valence-electron chi connectivity index (χ0n) is 8.05. The molecule has 1 aromatic heterocycles. The summed E-state index contributed by atoms with van der Waals surface area (Å²) in [6, 6.07) is 2.79. The number of rotatable bonds is 3. The summed E-state index contributed by atoms with van der Waals surface area (Å²) in [6.07, 6.45) is 4.01. The molecule has 0 aliphatic carbocycles. The second-order valence-electron chi connectivity index (χ2n) is 3.66. The van der Waals surface area contributed by atoms with E-state index in [9.17, 15) is 0 Å². The van der Waals surface area contributed by atoms with Crippen LogP contribution >= 0.6 is 27.3 Å². The Morgan fingerprint density at radius 3 is 3.14 bits per heavy atom. The fraction of sp³-hybridized carbons (Fsp3) is 0.600. The summed E-state index contributed by atoms with van der Waals surface area (Å²) in [5.41, 5.74) is 0. The second-order valence-corrected chi connectivity index (χ2v) is 5.48. The van der Waals surface area contributed by atoms with Crippen molar-refractivity contribution in [3.63, 3.8) is 0 Å². The van der Waals surface area contributed by atoms with E-state index in [2.05, 4.69) is 38.0 Å². The minimum absolute atomic E-state index is 0.657. The fourth-order valence-electron chi connectivity index (χ4n) is 1.73. The van der Waals surface area contributed by atoms with E-state index in [0.29, 0.717) is 6.04 Å². The fourth-order valence-corrected chi connectivity index (χ4v) is 3.06. The molecule has 14 heavy (non-hydrogen) atoms. The first-order valence-electron chi connectivity index (χ1n) is 5.06. The number of piperidine rings is 1. The van der Waals surface area contributed by atoms with Crippen molar-refractivity contribution in [3.05, 3.63) is 15.9 Å². The van der Waals surface area contributed by atoms with Crippen molar-refractivity contribution in [2.24, 2.45) is 0 Å². The highest BCUT2D eigenvalue weighted by Crippen LogP contribution is 2.24. The Morgan fingerprint density at radius 2 is 2.50 bits per heavy atom. The van der Waals surface area contributed by atoms with Crippen molar-refractivity contribution >= 4 is 32.3 Å². The van der Waals surface area contributed by atoms with Crippen LogP contribution in [-0.4, -0.2) is 19.1 Å². The Kier molecular flexibility index (Phi) is 3.84. The van der Waals surface area contributed by atoms with Crippen molar-refractivity contribution in [1.82, 2.24) is 5.32 Å². The number of hydrogen-bond acceptors (Lipinski definition) is 3.